The molecule has 5 saturated heterocycles. The maximum Gasteiger partial charge on any atom is 0.285 e. The van der Waals surface area contributed by atoms with Gasteiger partial charge in [0.2, 0.25) is 0 Å². The summed E-state index contributed by atoms with van der Waals surface area (Å²) in [6, 6.07) is 14.4. The number of ether oxygens (including phenoxy) is 6. The first-order valence-corrected chi connectivity index (χ1v) is 15.9. The molecule has 12 heteroatoms. The van der Waals surface area contributed by atoms with Crippen LogP contribution in [0.5, 0.6) is 5.75 Å². The molecular formula is C33H37N3O9. The molecule has 5 fully saturated rings. The van der Waals surface area contributed by atoms with E-state index in [9.17, 15) is 14.9 Å². The second-order valence-corrected chi connectivity index (χ2v) is 14.3. The SMILES string of the molecule is CC1(C)O[C@@H]2[C@H](O1)[C@H]1OC(C)(C)O[C@H]1O[C@@H]2[C@H]1Oc2ccccc2[C@@H]2[C@]1([N+](=O)[O-])C1CCCCN1[C@@]21C(=O)Nc2ccccc21. The topological polar surface area (TPSA) is 131 Å². The van der Waals surface area contributed by atoms with Crippen molar-refractivity contribution in [3.8, 4) is 5.75 Å². The Morgan fingerprint density at radius 2 is 1.58 bits per heavy atom. The quantitative estimate of drug-likeness (QED) is 0.393. The van der Waals surface area contributed by atoms with E-state index in [-0.39, 0.29) is 10.8 Å². The van der Waals surface area contributed by atoms with Crippen molar-refractivity contribution in [3.05, 3.63) is 69.8 Å². The molecule has 1 N–H and O–H groups in total. The number of rotatable bonds is 2. The van der Waals surface area contributed by atoms with Gasteiger partial charge in [0.1, 0.15) is 35.7 Å². The van der Waals surface area contributed by atoms with Crippen LogP contribution >= 0.6 is 0 Å². The average molecular weight is 620 g/mol. The van der Waals surface area contributed by atoms with Gasteiger partial charge in [-0.25, -0.2) is 0 Å². The lowest BCUT2D eigenvalue weighted by molar-refractivity contribution is -0.595. The summed E-state index contributed by atoms with van der Waals surface area (Å²) in [4.78, 5) is 30.7. The number of anilines is 1. The zero-order valence-corrected chi connectivity index (χ0v) is 25.6. The van der Waals surface area contributed by atoms with Crippen molar-refractivity contribution in [3.63, 3.8) is 0 Å². The van der Waals surface area contributed by atoms with E-state index in [4.69, 9.17) is 28.4 Å². The van der Waals surface area contributed by atoms with Gasteiger partial charge in [0, 0.05) is 28.3 Å². The molecule has 238 valence electrons. The molecule has 12 nitrogen and oxygen atoms in total. The third-order valence-corrected chi connectivity index (χ3v) is 11.0. The molecule has 0 radical (unpaired) electrons. The normalized spacial score (nSPS) is 43.3. The van der Waals surface area contributed by atoms with E-state index in [1.807, 2.05) is 62.4 Å². The van der Waals surface area contributed by atoms with E-state index in [0.29, 0.717) is 30.0 Å². The number of fused-ring (bicyclic) bond motifs is 12. The highest BCUT2D eigenvalue weighted by Gasteiger charge is 2.84. The molecule has 0 bridgehead atoms. The molecule has 9 rings (SSSR count). The van der Waals surface area contributed by atoms with Crippen LogP contribution in [0.1, 0.15) is 64.0 Å². The smallest absolute Gasteiger partial charge is 0.285 e. The summed E-state index contributed by atoms with van der Waals surface area (Å²) in [5, 5.41) is 17.3. The Balaban J connectivity index is 1.30. The number of hydrogen-bond acceptors (Lipinski definition) is 10. The van der Waals surface area contributed by atoms with Gasteiger partial charge in [-0.2, -0.15) is 0 Å². The third-order valence-electron chi connectivity index (χ3n) is 11.0. The van der Waals surface area contributed by atoms with Crippen molar-refractivity contribution < 1.29 is 38.1 Å². The Morgan fingerprint density at radius 3 is 2.38 bits per heavy atom. The number of amides is 1. The largest absolute Gasteiger partial charge is 0.480 e. The van der Waals surface area contributed by atoms with Crippen molar-refractivity contribution in [2.75, 3.05) is 11.9 Å². The van der Waals surface area contributed by atoms with Crippen LogP contribution in [0.25, 0.3) is 0 Å². The summed E-state index contributed by atoms with van der Waals surface area (Å²) in [6.07, 6.45) is -2.84. The Labute approximate surface area is 260 Å². The zero-order chi connectivity index (χ0) is 31.1. The fourth-order valence-corrected chi connectivity index (χ4v) is 9.80. The number of piperidine rings is 1. The molecule has 7 heterocycles. The summed E-state index contributed by atoms with van der Waals surface area (Å²) >= 11 is 0. The molecule has 45 heavy (non-hydrogen) atoms. The van der Waals surface area contributed by atoms with Gasteiger partial charge in [-0.1, -0.05) is 42.8 Å². The van der Waals surface area contributed by atoms with Crippen LogP contribution in [-0.2, 0) is 34.0 Å². The van der Waals surface area contributed by atoms with Crippen molar-refractivity contribution >= 4 is 11.6 Å². The number of para-hydroxylation sites is 2. The van der Waals surface area contributed by atoms with E-state index >= 15 is 0 Å². The standard InChI is InChI=1S/C33H37N3O9/c1-30(2)42-22-23(43-30)25-28(45-31(3,4)44-25)41-24(22)27-33(36(38)39)21-15-9-10-16-35(21)32(18-12-6-7-13-19(18)34-29(32)37)26(33)17-11-5-8-14-20(17)40-27/h5-8,11-14,21-28H,9-10,15-16H2,1-4H3,(H,34,37)/t21?,22-,23+,24+,25-,26+,27-,28-,32-,33-/m1/s1. The summed E-state index contributed by atoms with van der Waals surface area (Å²) < 4.78 is 38.9. The lowest BCUT2D eigenvalue weighted by atomic mass is 9.62. The van der Waals surface area contributed by atoms with Crippen molar-refractivity contribution in [1.29, 1.82) is 0 Å². The molecule has 1 unspecified atom stereocenters. The lowest BCUT2D eigenvalue weighted by Crippen LogP contribution is -2.72. The first-order valence-electron chi connectivity index (χ1n) is 15.9. The molecule has 2 aromatic carbocycles. The van der Waals surface area contributed by atoms with Gasteiger partial charge in [0.25, 0.3) is 11.4 Å². The minimum Gasteiger partial charge on any atom is -0.480 e. The van der Waals surface area contributed by atoms with Crippen molar-refractivity contribution in [2.24, 2.45) is 0 Å². The molecule has 0 aromatic heterocycles. The fraction of sp³-hybridized carbons (Fsp3) is 0.606. The Hall–Kier alpha value is -3.13. The van der Waals surface area contributed by atoms with Gasteiger partial charge in [0.05, 0.1) is 12.0 Å². The summed E-state index contributed by atoms with van der Waals surface area (Å²) in [6.45, 7) is 7.77. The Morgan fingerprint density at radius 1 is 0.889 bits per heavy atom. The van der Waals surface area contributed by atoms with Crippen LogP contribution in [0.2, 0.25) is 0 Å². The lowest BCUT2D eigenvalue weighted by Gasteiger charge is -2.49. The zero-order valence-electron chi connectivity index (χ0n) is 25.6. The van der Waals surface area contributed by atoms with Crippen LogP contribution in [0.4, 0.5) is 5.69 Å². The first kappa shape index (κ1) is 28.1. The van der Waals surface area contributed by atoms with E-state index in [2.05, 4.69) is 10.2 Å². The Bertz CT molecular complexity index is 1620. The highest BCUT2D eigenvalue weighted by molar-refractivity contribution is 6.07. The van der Waals surface area contributed by atoms with Crippen LogP contribution < -0.4 is 10.1 Å². The molecule has 7 aliphatic rings. The molecule has 1 amide bonds. The molecule has 7 aliphatic heterocycles. The maximum atomic E-state index is 14.6. The summed E-state index contributed by atoms with van der Waals surface area (Å²) in [7, 11) is 0. The van der Waals surface area contributed by atoms with E-state index in [1.54, 1.807) is 13.8 Å². The second kappa shape index (κ2) is 9.02. The van der Waals surface area contributed by atoms with Gasteiger partial charge in [-0.05, 0) is 52.7 Å². The first-order chi connectivity index (χ1) is 21.5. The number of carbonyl (C=O) groups excluding carboxylic acids is 1. The van der Waals surface area contributed by atoms with E-state index < -0.39 is 71.4 Å². The summed E-state index contributed by atoms with van der Waals surface area (Å²) in [5.41, 5.74) is -1.05. The number of nitrogens with one attached hydrogen (secondary N) is 1. The predicted molar refractivity (Wildman–Crippen MR) is 157 cm³/mol. The summed E-state index contributed by atoms with van der Waals surface area (Å²) in [5.74, 6) is -2.62. The minimum absolute atomic E-state index is 0.175. The van der Waals surface area contributed by atoms with Crippen molar-refractivity contribution in [1.82, 2.24) is 4.90 Å². The van der Waals surface area contributed by atoms with Crippen LogP contribution in [0, 0.1) is 10.1 Å². The molecular weight excluding hydrogens is 582 g/mol. The minimum atomic E-state index is -1.79. The van der Waals surface area contributed by atoms with Crippen LogP contribution in [0.3, 0.4) is 0 Å². The highest BCUT2D eigenvalue weighted by atomic mass is 16.9. The van der Waals surface area contributed by atoms with Crippen LogP contribution in [0.15, 0.2) is 48.5 Å². The number of nitro groups is 1. The molecule has 0 aliphatic carbocycles. The van der Waals surface area contributed by atoms with E-state index in [0.717, 1.165) is 18.4 Å². The molecule has 0 saturated carbocycles. The predicted octanol–water partition coefficient (Wildman–Crippen LogP) is 3.66. The molecule has 10 atom stereocenters. The number of nitrogens with zero attached hydrogens (tertiary/aromatic N) is 2. The molecule has 1 spiro atoms. The average Bonchev–Trinajstić information content (AvgIpc) is 3.69. The van der Waals surface area contributed by atoms with Gasteiger partial charge >= 0.3 is 0 Å². The van der Waals surface area contributed by atoms with Crippen LogP contribution in [-0.4, -0.2) is 82.2 Å². The number of hydrogen-bond donors (Lipinski definition) is 1. The van der Waals surface area contributed by atoms with Gasteiger partial charge in [0.15, 0.2) is 24.0 Å². The fourth-order valence-electron chi connectivity index (χ4n) is 9.80. The maximum absolute atomic E-state index is 14.6. The van der Waals surface area contributed by atoms with Crippen molar-refractivity contribution in [2.45, 2.75) is 118 Å². The van der Waals surface area contributed by atoms with Gasteiger partial charge < -0.3 is 33.7 Å². The second-order valence-electron chi connectivity index (χ2n) is 14.3. The third kappa shape index (κ3) is 3.45. The Kier molecular flexibility index (Phi) is 5.64. The monoisotopic (exact) mass is 619 g/mol. The number of benzene rings is 2. The highest BCUT2D eigenvalue weighted by Crippen LogP contribution is 2.67. The van der Waals surface area contributed by atoms with Gasteiger partial charge in [-0.3, -0.25) is 19.8 Å². The number of carbonyl (C=O) groups is 1. The van der Waals surface area contributed by atoms with Gasteiger partial charge in [-0.15, -0.1) is 0 Å². The van der Waals surface area contributed by atoms with E-state index in [1.165, 1.54) is 0 Å². The molecule has 2 aromatic rings.